The van der Waals surface area contributed by atoms with E-state index in [1.54, 1.807) is 17.0 Å². The van der Waals surface area contributed by atoms with Crippen molar-refractivity contribution in [1.29, 1.82) is 0 Å². The van der Waals surface area contributed by atoms with Crippen LogP contribution in [0.15, 0.2) is 103 Å². The Morgan fingerprint density at radius 2 is 1.49 bits per heavy atom. The number of nitrogens with one attached hydrogen (secondary N) is 2. The summed E-state index contributed by atoms with van der Waals surface area (Å²) in [5.41, 5.74) is 5.20. The van der Waals surface area contributed by atoms with E-state index in [9.17, 15) is 19.5 Å². The molecule has 0 saturated heterocycles. The minimum atomic E-state index is -1.17. The lowest BCUT2D eigenvalue weighted by Gasteiger charge is -2.24. The number of fused-ring (bicyclic) bond motifs is 2. The Balaban J connectivity index is 1.18. The molecule has 1 aliphatic rings. The van der Waals surface area contributed by atoms with Crippen LogP contribution in [0, 0.1) is 0 Å². The highest BCUT2D eigenvalue weighted by molar-refractivity contribution is 6.09. The largest absolute Gasteiger partial charge is 0.550 e. The molecule has 41 heavy (non-hydrogen) atoms. The van der Waals surface area contributed by atoms with Crippen molar-refractivity contribution >= 4 is 29.3 Å². The minimum Gasteiger partial charge on any atom is -0.550 e. The van der Waals surface area contributed by atoms with Gasteiger partial charge in [0.2, 0.25) is 0 Å². The molecule has 0 spiro atoms. The first-order chi connectivity index (χ1) is 20.0. The third-order valence-electron chi connectivity index (χ3n) is 7.02. The zero-order valence-electron chi connectivity index (χ0n) is 22.4. The van der Waals surface area contributed by atoms with E-state index in [1.165, 1.54) is 0 Å². The van der Waals surface area contributed by atoms with Crippen LogP contribution in [0.4, 0.5) is 16.2 Å². The van der Waals surface area contributed by atoms with Crippen LogP contribution in [0.1, 0.15) is 45.0 Å². The van der Waals surface area contributed by atoms with Gasteiger partial charge in [0, 0.05) is 41.9 Å². The van der Waals surface area contributed by atoms with Crippen molar-refractivity contribution in [3.63, 3.8) is 0 Å². The number of benzene rings is 4. The zero-order chi connectivity index (χ0) is 28.6. The molecule has 0 fully saturated rings. The number of amides is 3. The summed E-state index contributed by atoms with van der Waals surface area (Å²) in [6, 6.07) is 31.3. The summed E-state index contributed by atoms with van der Waals surface area (Å²) in [7, 11) is 0. The molecule has 0 aromatic heterocycles. The Kier molecular flexibility index (Phi) is 8.71. The number of nitrogens with zero attached hydrogens (tertiary/aromatic N) is 1. The zero-order valence-corrected chi connectivity index (χ0v) is 22.4. The minimum absolute atomic E-state index is 0.196. The molecule has 1 aliphatic heterocycles. The molecule has 1 atom stereocenters. The number of carbonyl (C=O) groups is 3. The Morgan fingerprint density at radius 1 is 0.805 bits per heavy atom. The number of para-hydroxylation sites is 1. The van der Waals surface area contributed by atoms with Gasteiger partial charge in [-0.15, -0.1) is 0 Å². The highest BCUT2D eigenvalue weighted by Gasteiger charge is 2.32. The molecule has 208 valence electrons. The number of rotatable bonds is 10. The summed E-state index contributed by atoms with van der Waals surface area (Å²) < 4.78 is 5.92. The van der Waals surface area contributed by atoms with Crippen LogP contribution >= 0.6 is 0 Å². The van der Waals surface area contributed by atoms with Crippen LogP contribution < -0.4 is 20.6 Å². The van der Waals surface area contributed by atoms with Crippen molar-refractivity contribution in [2.24, 2.45) is 0 Å². The van der Waals surface area contributed by atoms with Gasteiger partial charge in [-0.05, 0) is 52.9 Å². The van der Waals surface area contributed by atoms with Gasteiger partial charge in [-0.1, -0.05) is 78.9 Å². The average molecular weight is 549 g/mol. The Bertz CT molecular complexity index is 1520. The molecular weight excluding hydrogens is 518 g/mol. The molecule has 1 heterocycles. The maximum atomic E-state index is 13.6. The molecule has 0 saturated carbocycles. The molecule has 2 N–H and O–H groups in total. The predicted octanol–water partition coefficient (Wildman–Crippen LogP) is 4.46. The van der Waals surface area contributed by atoms with Crippen molar-refractivity contribution in [2.45, 2.75) is 25.5 Å². The molecule has 4 aromatic carbocycles. The first-order valence-corrected chi connectivity index (χ1v) is 13.4. The highest BCUT2D eigenvalue weighted by Crippen LogP contribution is 2.40. The molecule has 1 unspecified atom stereocenters. The molecule has 0 bridgehead atoms. The molecule has 8 heteroatoms. The van der Waals surface area contributed by atoms with Gasteiger partial charge < -0.3 is 30.2 Å². The standard InChI is InChI=1S/C33H31N3O5/c37-31(38)20-29-26-10-4-5-12-28(26)32(39)36(30-13-7-6-11-27(29)30)18-19-41-22-24-14-16-25(17-15-24)35-33(40)34-21-23-8-2-1-3-9-23/h1-17,29H,18-22H2,(H,37,38)(H2,34,35,40)/p-1. The number of carboxylic acid groups (broad SMARTS) is 1. The van der Waals surface area contributed by atoms with Gasteiger partial charge in [0.05, 0.1) is 13.2 Å². The number of carboxylic acids is 1. The average Bonchev–Trinajstić information content (AvgIpc) is 3.08. The molecule has 3 amide bonds. The van der Waals surface area contributed by atoms with Gasteiger partial charge in [-0.25, -0.2) is 4.79 Å². The Hall–Kier alpha value is -4.95. The van der Waals surface area contributed by atoms with Crippen molar-refractivity contribution in [3.05, 3.63) is 131 Å². The summed E-state index contributed by atoms with van der Waals surface area (Å²) in [5, 5.41) is 17.3. The number of hydrogen-bond acceptors (Lipinski definition) is 5. The van der Waals surface area contributed by atoms with Crippen molar-refractivity contribution in [2.75, 3.05) is 23.4 Å². The lowest BCUT2D eigenvalue weighted by atomic mass is 9.86. The summed E-state index contributed by atoms with van der Waals surface area (Å²) in [4.78, 5) is 39.1. The van der Waals surface area contributed by atoms with E-state index >= 15 is 0 Å². The van der Waals surface area contributed by atoms with Crippen LogP contribution in [0.3, 0.4) is 0 Å². The Morgan fingerprint density at radius 3 is 2.24 bits per heavy atom. The van der Waals surface area contributed by atoms with E-state index in [1.807, 2.05) is 91.0 Å². The molecule has 0 aliphatic carbocycles. The molecule has 0 radical (unpaired) electrons. The predicted molar refractivity (Wildman–Crippen MR) is 154 cm³/mol. The fourth-order valence-corrected chi connectivity index (χ4v) is 5.04. The molecule has 4 aromatic rings. The van der Waals surface area contributed by atoms with Crippen LogP contribution in [0.25, 0.3) is 0 Å². The maximum Gasteiger partial charge on any atom is 0.319 e. The lowest BCUT2D eigenvalue weighted by molar-refractivity contribution is -0.305. The van der Waals surface area contributed by atoms with Crippen LogP contribution in [-0.4, -0.2) is 31.1 Å². The second-order valence-corrected chi connectivity index (χ2v) is 9.77. The number of ether oxygens (including phenoxy) is 1. The van der Waals surface area contributed by atoms with Crippen LogP contribution in [-0.2, 0) is 22.7 Å². The van der Waals surface area contributed by atoms with Crippen molar-refractivity contribution in [1.82, 2.24) is 5.32 Å². The smallest absolute Gasteiger partial charge is 0.319 e. The summed E-state index contributed by atoms with van der Waals surface area (Å²) in [6.45, 7) is 1.33. The van der Waals surface area contributed by atoms with Gasteiger partial charge in [0.15, 0.2) is 0 Å². The number of hydrogen-bond donors (Lipinski definition) is 2. The fraction of sp³-hybridized carbons (Fsp3) is 0.182. The van der Waals surface area contributed by atoms with E-state index in [0.29, 0.717) is 42.2 Å². The first kappa shape index (κ1) is 27.6. The van der Waals surface area contributed by atoms with Gasteiger partial charge in [-0.3, -0.25) is 4.79 Å². The number of anilines is 2. The summed E-state index contributed by atoms with van der Waals surface area (Å²) in [6.07, 6.45) is -0.217. The second-order valence-electron chi connectivity index (χ2n) is 9.77. The van der Waals surface area contributed by atoms with E-state index in [4.69, 9.17) is 4.74 Å². The monoisotopic (exact) mass is 548 g/mol. The summed E-state index contributed by atoms with van der Waals surface area (Å²) in [5.74, 6) is -1.86. The van der Waals surface area contributed by atoms with Crippen molar-refractivity contribution < 1.29 is 24.2 Å². The van der Waals surface area contributed by atoms with Gasteiger partial charge in [-0.2, -0.15) is 0 Å². The third kappa shape index (κ3) is 6.80. The number of urea groups is 1. The van der Waals surface area contributed by atoms with Crippen molar-refractivity contribution in [3.8, 4) is 0 Å². The second kappa shape index (κ2) is 12.9. The maximum absolute atomic E-state index is 13.6. The molecule has 8 nitrogen and oxygen atoms in total. The topological polar surface area (TPSA) is 111 Å². The van der Waals surface area contributed by atoms with Gasteiger partial charge >= 0.3 is 6.03 Å². The normalized spacial score (nSPS) is 14.0. The SMILES string of the molecule is O=C([O-])CC1c2ccccc2C(=O)N(CCOCc2ccc(NC(=O)NCc3ccccc3)cc2)c2ccccc21. The third-order valence-corrected chi connectivity index (χ3v) is 7.02. The van der Waals surface area contributed by atoms with Gasteiger partial charge in [0.25, 0.3) is 5.91 Å². The Labute approximate surface area is 238 Å². The number of aliphatic carboxylic acids is 1. The van der Waals surface area contributed by atoms with E-state index < -0.39 is 11.9 Å². The van der Waals surface area contributed by atoms with E-state index in [-0.39, 0.29) is 25.0 Å². The van der Waals surface area contributed by atoms with Gasteiger partial charge in [0.1, 0.15) is 0 Å². The quantitative estimate of drug-likeness (QED) is 0.285. The first-order valence-electron chi connectivity index (χ1n) is 13.4. The van der Waals surface area contributed by atoms with E-state index in [2.05, 4.69) is 10.6 Å². The lowest BCUT2D eigenvalue weighted by Crippen LogP contribution is -2.34. The highest BCUT2D eigenvalue weighted by atomic mass is 16.5. The van der Waals surface area contributed by atoms with Crippen LogP contribution in [0.2, 0.25) is 0 Å². The molecule has 5 rings (SSSR count). The van der Waals surface area contributed by atoms with Crippen LogP contribution in [0.5, 0.6) is 0 Å². The number of carbonyl (C=O) groups excluding carboxylic acids is 3. The molecular formula is C33H30N3O5-. The fourth-order valence-electron chi connectivity index (χ4n) is 5.04. The summed E-state index contributed by atoms with van der Waals surface area (Å²) >= 11 is 0. The van der Waals surface area contributed by atoms with E-state index in [0.717, 1.165) is 16.7 Å².